The number of rotatable bonds is 1. The van der Waals surface area contributed by atoms with Gasteiger partial charge in [-0.05, 0) is 18.2 Å². The van der Waals surface area contributed by atoms with Crippen LogP contribution in [0.1, 0.15) is 5.69 Å². The predicted octanol–water partition coefficient (Wildman–Crippen LogP) is 1.37. The van der Waals surface area contributed by atoms with Gasteiger partial charge in [-0.1, -0.05) is 0 Å². The summed E-state index contributed by atoms with van der Waals surface area (Å²) in [5.74, 6) is -0.533. The average molecular weight is 240 g/mol. The lowest BCUT2D eigenvalue weighted by atomic mass is 10.2. The van der Waals surface area contributed by atoms with Crippen LogP contribution in [0.3, 0.4) is 0 Å². The molecule has 2 heterocycles. The standard InChI is InChI=1S/C12H8N4O2/c13-6-7-2-1-3-16(7)10-5-9-11(4-8(10)14)18-12(17)15-9/h1-5H,14H2,(H,15,17). The summed E-state index contributed by atoms with van der Waals surface area (Å²) in [5.41, 5.74) is 8.36. The Morgan fingerprint density at radius 3 is 3.06 bits per heavy atom. The first kappa shape index (κ1) is 10.2. The van der Waals surface area contributed by atoms with Crippen LogP contribution in [0.2, 0.25) is 0 Å². The molecule has 0 unspecified atom stereocenters. The Balaban J connectivity index is 2.32. The molecule has 18 heavy (non-hydrogen) atoms. The monoisotopic (exact) mass is 240 g/mol. The van der Waals surface area contributed by atoms with E-state index in [0.717, 1.165) is 0 Å². The highest BCUT2D eigenvalue weighted by molar-refractivity contribution is 5.82. The second-order valence-corrected chi connectivity index (χ2v) is 3.80. The van der Waals surface area contributed by atoms with Crippen LogP contribution in [0, 0.1) is 11.3 Å². The summed E-state index contributed by atoms with van der Waals surface area (Å²) in [6, 6.07) is 8.74. The van der Waals surface area contributed by atoms with Crippen molar-refractivity contribution in [2.75, 3.05) is 5.73 Å². The number of H-pyrrole nitrogens is 1. The highest BCUT2D eigenvalue weighted by Crippen LogP contribution is 2.24. The van der Waals surface area contributed by atoms with Gasteiger partial charge >= 0.3 is 5.76 Å². The van der Waals surface area contributed by atoms with E-state index in [9.17, 15) is 4.79 Å². The largest absolute Gasteiger partial charge is 0.417 e. The van der Waals surface area contributed by atoms with Crippen LogP contribution in [0.25, 0.3) is 16.8 Å². The molecule has 0 bridgehead atoms. The minimum Gasteiger partial charge on any atom is -0.408 e. The van der Waals surface area contributed by atoms with Gasteiger partial charge in [-0.15, -0.1) is 0 Å². The van der Waals surface area contributed by atoms with Crippen LogP contribution < -0.4 is 11.5 Å². The van der Waals surface area contributed by atoms with Crippen molar-refractivity contribution in [2.45, 2.75) is 0 Å². The number of nitrogens with one attached hydrogen (secondary N) is 1. The van der Waals surface area contributed by atoms with Gasteiger partial charge in [-0.25, -0.2) is 4.79 Å². The third-order valence-electron chi connectivity index (χ3n) is 2.69. The molecule has 0 amide bonds. The molecule has 0 saturated heterocycles. The molecule has 6 nitrogen and oxygen atoms in total. The van der Waals surface area contributed by atoms with E-state index >= 15 is 0 Å². The summed E-state index contributed by atoms with van der Waals surface area (Å²) in [6.07, 6.45) is 1.73. The van der Waals surface area contributed by atoms with Crippen LogP contribution in [0.5, 0.6) is 0 Å². The van der Waals surface area contributed by atoms with E-state index in [1.807, 2.05) is 0 Å². The van der Waals surface area contributed by atoms with Gasteiger partial charge in [0.1, 0.15) is 11.8 Å². The van der Waals surface area contributed by atoms with Crippen molar-refractivity contribution < 1.29 is 4.42 Å². The summed E-state index contributed by atoms with van der Waals surface area (Å²) in [7, 11) is 0. The zero-order chi connectivity index (χ0) is 12.7. The number of aromatic nitrogens is 2. The fourth-order valence-electron chi connectivity index (χ4n) is 1.89. The number of benzene rings is 1. The summed E-state index contributed by atoms with van der Waals surface area (Å²) < 4.78 is 6.57. The van der Waals surface area contributed by atoms with Crippen LogP contribution in [-0.4, -0.2) is 9.55 Å². The Morgan fingerprint density at radius 2 is 2.28 bits per heavy atom. The molecule has 0 aliphatic rings. The van der Waals surface area contributed by atoms with Gasteiger partial charge in [0.2, 0.25) is 0 Å². The van der Waals surface area contributed by atoms with Crippen molar-refractivity contribution in [3.05, 3.63) is 46.7 Å². The molecule has 3 N–H and O–H groups in total. The van der Waals surface area contributed by atoms with Gasteiger partial charge in [0.25, 0.3) is 0 Å². The fraction of sp³-hybridized carbons (Fsp3) is 0. The van der Waals surface area contributed by atoms with Gasteiger partial charge < -0.3 is 14.7 Å². The summed E-state index contributed by atoms with van der Waals surface area (Å²) in [5, 5.41) is 8.99. The number of nitrogen functional groups attached to an aromatic ring is 1. The Bertz CT molecular complexity index is 832. The Hall–Kier alpha value is -2.94. The van der Waals surface area contributed by atoms with Gasteiger partial charge in [-0.2, -0.15) is 5.26 Å². The zero-order valence-corrected chi connectivity index (χ0v) is 9.18. The second-order valence-electron chi connectivity index (χ2n) is 3.80. The molecule has 88 valence electrons. The van der Waals surface area contributed by atoms with Crippen molar-refractivity contribution in [3.63, 3.8) is 0 Å². The number of nitrogens with two attached hydrogens (primary N) is 1. The number of aromatic amines is 1. The quantitative estimate of drug-likeness (QED) is 0.627. The first-order chi connectivity index (χ1) is 8.69. The van der Waals surface area contributed by atoms with Crippen molar-refractivity contribution >= 4 is 16.8 Å². The normalized spacial score (nSPS) is 10.6. The first-order valence-electron chi connectivity index (χ1n) is 5.19. The molecule has 1 aromatic carbocycles. The third kappa shape index (κ3) is 1.38. The molecule has 2 aromatic heterocycles. The molecule has 0 fully saturated rings. The predicted molar refractivity (Wildman–Crippen MR) is 65.3 cm³/mol. The maximum absolute atomic E-state index is 11.1. The highest BCUT2D eigenvalue weighted by Gasteiger charge is 2.10. The number of nitrogens with zero attached hydrogens (tertiary/aromatic N) is 2. The van der Waals surface area contributed by atoms with Gasteiger partial charge in [-0.3, -0.25) is 4.98 Å². The number of oxazole rings is 1. The minimum atomic E-state index is -0.533. The van der Waals surface area contributed by atoms with Gasteiger partial charge in [0.15, 0.2) is 5.58 Å². The van der Waals surface area contributed by atoms with E-state index in [-0.39, 0.29) is 0 Å². The number of fused-ring (bicyclic) bond motifs is 1. The minimum absolute atomic E-state index is 0.395. The molecule has 3 aromatic rings. The van der Waals surface area contributed by atoms with E-state index in [0.29, 0.717) is 28.2 Å². The van der Waals surface area contributed by atoms with Crippen LogP contribution in [-0.2, 0) is 0 Å². The van der Waals surface area contributed by atoms with Gasteiger partial charge in [0, 0.05) is 12.3 Å². The summed E-state index contributed by atoms with van der Waals surface area (Å²) in [4.78, 5) is 13.7. The Labute approximate surface area is 101 Å². The first-order valence-corrected chi connectivity index (χ1v) is 5.19. The van der Waals surface area contributed by atoms with Crippen molar-refractivity contribution in [1.82, 2.24) is 9.55 Å². The molecule has 0 aliphatic carbocycles. The second kappa shape index (κ2) is 3.53. The number of nitriles is 1. The average Bonchev–Trinajstić information content (AvgIpc) is 2.92. The molecule has 0 saturated carbocycles. The van der Waals surface area contributed by atoms with Crippen LogP contribution >= 0.6 is 0 Å². The van der Waals surface area contributed by atoms with E-state index in [1.165, 1.54) is 0 Å². The zero-order valence-electron chi connectivity index (χ0n) is 9.18. The van der Waals surface area contributed by atoms with Crippen molar-refractivity contribution in [3.8, 4) is 11.8 Å². The highest BCUT2D eigenvalue weighted by atomic mass is 16.4. The summed E-state index contributed by atoms with van der Waals surface area (Å²) in [6.45, 7) is 0. The SMILES string of the molecule is N#Cc1cccn1-c1cc2[nH]c(=O)oc2cc1N. The number of hydrogen-bond donors (Lipinski definition) is 2. The molecular formula is C12H8N4O2. The van der Waals surface area contributed by atoms with Crippen LogP contribution in [0.15, 0.2) is 39.7 Å². The van der Waals surface area contributed by atoms with E-state index in [2.05, 4.69) is 11.1 Å². The summed E-state index contributed by atoms with van der Waals surface area (Å²) >= 11 is 0. The van der Waals surface area contributed by atoms with Gasteiger partial charge in [0.05, 0.1) is 16.9 Å². The van der Waals surface area contributed by atoms with Crippen molar-refractivity contribution in [2.24, 2.45) is 0 Å². The molecule has 3 rings (SSSR count). The molecule has 0 atom stereocenters. The molecular weight excluding hydrogens is 232 g/mol. The Kier molecular flexibility index (Phi) is 2.01. The van der Waals surface area contributed by atoms with E-state index < -0.39 is 5.76 Å². The molecule has 0 aliphatic heterocycles. The van der Waals surface area contributed by atoms with Crippen molar-refractivity contribution in [1.29, 1.82) is 5.26 Å². The maximum atomic E-state index is 11.1. The smallest absolute Gasteiger partial charge is 0.408 e. The molecule has 6 heteroatoms. The molecule has 0 spiro atoms. The maximum Gasteiger partial charge on any atom is 0.417 e. The number of hydrogen-bond acceptors (Lipinski definition) is 4. The van der Waals surface area contributed by atoms with Crippen LogP contribution in [0.4, 0.5) is 5.69 Å². The van der Waals surface area contributed by atoms with E-state index in [4.69, 9.17) is 15.4 Å². The fourth-order valence-corrected chi connectivity index (χ4v) is 1.89. The lowest BCUT2D eigenvalue weighted by molar-refractivity contribution is 0.555. The lowest BCUT2D eigenvalue weighted by Crippen LogP contribution is -2.00. The van der Waals surface area contributed by atoms with E-state index in [1.54, 1.807) is 35.0 Å². The lowest BCUT2D eigenvalue weighted by Gasteiger charge is -2.07. The number of anilines is 1. The third-order valence-corrected chi connectivity index (χ3v) is 2.69. The topological polar surface area (TPSA) is 101 Å². The molecule has 0 radical (unpaired) electrons. The Morgan fingerprint density at radius 1 is 1.44 bits per heavy atom.